The van der Waals surface area contributed by atoms with Crippen LogP contribution in [0.15, 0.2) is 42.5 Å². The number of hydrogen-bond acceptors (Lipinski definition) is 5. The molecule has 6 nitrogen and oxygen atoms in total. The van der Waals surface area contributed by atoms with Crippen LogP contribution in [0.4, 0.5) is 0 Å². The van der Waals surface area contributed by atoms with Gasteiger partial charge in [-0.15, -0.1) is 0 Å². The number of carbonyl (C=O) groups is 1. The highest BCUT2D eigenvalue weighted by Gasteiger charge is 2.28. The molecule has 1 aliphatic heterocycles. The molecule has 1 amide bonds. The lowest BCUT2D eigenvalue weighted by Crippen LogP contribution is -2.43. The van der Waals surface area contributed by atoms with Gasteiger partial charge < -0.3 is 24.4 Å². The normalized spacial score (nSPS) is 17.8. The Bertz CT molecular complexity index is 902. The van der Waals surface area contributed by atoms with Crippen LogP contribution in [0.3, 0.4) is 0 Å². The Labute approximate surface area is 190 Å². The van der Waals surface area contributed by atoms with Crippen LogP contribution in [0.5, 0.6) is 17.2 Å². The smallest absolute Gasteiger partial charge is 0.255 e. The molecule has 0 radical (unpaired) electrons. The van der Waals surface area contributed by atoms with Crippen LogP contribution in [0.2, 0.25) is 0 Å². The molecule has 4 rings (SSSR count). The van der Waals surface area contributed by atoms with Gasteiger partial charge in [-0.1, -0.05) is 25.0 Å². The van der Waals surface area contributed by atoms with E-state index in [1.54, 1.807) is 20.3 Å². The summed E-state index contributed by atoms with van der Waals surface area (Å²) in [4.78, 5) is 15.7. The van der Waals surface area contributed by atoms with Gasteiger partial charge in [-0.3, -0.25) is 4.79 Å². The lowest BCUT2D eigenvalue weighted by molar-refractivity contribution is 0.0749. The highest BCUT2D eigenvalue weighted by Crippen LogP contribution is 2.30. The summed E-state index contributed by atoms with van der Waals surface area (Å²) in [6.45, 7) is 2.55. The highest BCUT2D eigenvalue weighted by atomic mass is 16.5. The fraction of sp³-hybridized carbons (Fsp3) is 0.500. The lowest BCUT2D eigenvalue weighted by Gasteiger charge is -2.36. The molecule has 1 saturated heterocycles. The molecule has 0 atom stereocenters. The monoisotopic (exact) mass is 438 g/mol. The second-order valence-corrected chi connectivity index (χ2v) is 8.69. The number of likely N-dealkylation sites (tertiary alicyclic amines) is 1. The number of ether oxygens (including phenoxy) is 3. The third kappa shape index (κ3) is 5.54. The quantitative estimate of drug-likeness (QED) is 0.661. The molecule has 2 aliphatic rings. The van der Waals surface area contributed by atoms with Gasteiger partial charge >= 0.3 is 0 Å². The van der Waals surface area contributed by atoms with Gasteiger partial charge in [0.15, 0.2) is 0 Å². The maximum atomic E-state index is 13.0. The molecule has 2 fully saturated rings. The van der Waals surface area contributed by atoms with E-state index in [0.717, 1.165) is 43.3 Å². The fourth-order valence-electron chi connectivity index (χ4n) is 4.78. The van der Waals surface area contributed by atoms with Crippen LogP contribution in [0.1, 0.15) is 54.4 Å². The van der Waals surface area contributed by atoms with Crippen LogP contribution in [0.25, 0.3) is 0 Å². The average Bonchev–Trinajstić information content (AvgIpc) is 3.38. The molecule has 1 saturated carbocycles. The van der Waals surface area contributed by atoms with Crippen molar-refractivity contribution in [3.8, 4) is 17.2 Å². The average molecular weight is 439 g/mol. The van der Waals surface area contributed by atoms with Gasteiger partial charge in [-0.2, -0.15) is 0 Å². The molecule has 0 bridgehead atoms. The SMILES string of the molecule is COc1cccc(CNC(=O)c2cc(OC)ccc2OC2CCN(C3CCCC3)CC2)c1. The standard InChI is InChI=1S/C26H34N2O4/c1-30-22-9-5-6-19(16-22)18-27-26(29)24-17-23(31-2)10-11-25(24)32-21-12-14-28(15-13-21)20-7-3-4-8-20/h5-6,9-11,16-17,20-21H,3-4,7-8,12-15,18H2,1-2H3,(H,27,29). The first-order valence-corrected chi connectivity index (χ1v) is 11.7. The highest BCUT2D eigenvalue weighted by molar-refractivity contribution is 5.97. The number of nitrogens with zero attached hydrogens (tertiary/aromatic N) is 1. The molecule has 2 aromatic rings. The van der Waals surface area contributed by atoms with Crippen LogP contribution in [-0.2, 0) is 6.54 Å². The molecule has 1 aliphatic carbocycles. The molecule has 1 heterocycles. The van der Waals surface area contributed by atoms with Crippen molar-refractivity contribution in [2.45, 2.75) is 57.2 Å². The summed E-state index contributed by atoms with van der Waals surface area (Å²) in [6.07, 6.45) is 7.51. The van der Waals surface area contributed by atoms with Crippen molar-refractivity contribution in [3.63, 3.8) is 0 Å². The summed E-state index contributed by atoms with van der Waals surface area (Å²) in [5.74, 6) is 1.85. The maximum absolute atomic E-state index is 13.0. The number of piperidine rings is 1. The Morgan fingerprint density at radius 3 is 2.41 bits per heavy atom. The largest absolute Gasteiger partial charge is 0.497 e. The van der Waals surface area contributed by atoms with Gasteiger partial charge in [-0.05, 0) is 61.6 Å². The molecular formula is C26H34N2O4. The molecule has 1 N–H and O–H groups in total. The van der Waals surface area contributed by atoms with E-state index in [1.807, 2.05) is 36.4 Å². The van der Waals surface area contributed by atoms with Crippen LogP contribution in [0, 0.1) is 0 Å². The molecule has 172 valence electrons. The van der Waals surface area contributed by atoms with Crippen LogP contribution < -0.4 is 19.5 Å². The van der Waals surface area contributed by atoms with Crippen molar-refractivity contribution in [3.05, 3.63) is 53.6 Å². The third-order valence-electron chi connectivity index (χ3n) is 6.63. The minimum Gasteiger partial charge on any atom is -0.497 e. The van der Waals surface area contributed by atoms with Crippen molar-refractivity contribution in [1.29, 1.82) is 0 Å². The number of methoxy groups -OCH3 is 2. The van der Waals surface area contributed by atoms with Gasteiger partial charge in [0.1, 0.15) is 23.4 Å². The Morgan fingerprint density at radius 2 is 1.69 bits per heavy atom. The zero-order valence-corrected chi connectivity index (χ0v) is 19.1. The number of amides is 1. The predicted molar refractivity (Wildman–Crippen MR) is 125 cm³/mol. The Balaban J connectivity index is 1.39. The van der Waals surface area contributed by atoms with E-state index >= 15 is 0 Å². The number of hydrogen-bond donors (Lipinski definition) is 1. The van der Waals surface area contributed by atoms with Gasteiger partial charge in [-0.25, -0.2) is 0 Å². The Kier molecular flexibility index (Phi) is 7.53. The first kappa shape index (κ1) is 22.5. The number of carbonyl (C=O) groups excluding carboxylic acids is 1. The summed E-state index contributed by atoms with van der Waals surface area (Å²) in [6, 6.07) is 13.9. The van der Waals surface area contributed by atoms with E-state index in [0.29, 0.717) is 23.6 Å². The molecular weight excluding hydrogens is 404 g/mol. The van der Waals surface area contributed by atoms with Gasteiger partial charge in [0, 0.05) is 25.7 Å². The molecule has 0 aromatic heterocycles. The first-order valence-electron chi connectivity index (χ1n) is 11.7. The van der Waals surface area contributed by atoms with Crippen molar-refractivity contribution < 1.29 is 19.0 Å². The fourth-order valence-corrected chi connectivity index (χ4v) is 4.78. The minimum atomic E-state index is -0.176. The zero-order chi connectivity index (χ0) is 22.3. The number of nitrogens with one attached hydrogen (secondary N) is 1. The van der Waals surface area contributed by atoms with Crippen molar-refractivity contribution >= 4 is 5.91 Å². The lowest BCUT2D eigenvalue weighted by atomic mass is 10.0. The van der Waals surface area contributed by atoms with Crippen LogP contribution in [-0.4, -0.2) is 50.3 Å². The minimum absolute atomic E-state index is 0.131. The van der Waals surface area contributed by atoms with Crippen molar-refractivity contribution in [1.82, 2.24) is 10.2 Å². The van der Waals surface area contributed by atoms with Gasteiger partial charge in [0.05, 0.1) is 19.8 Å². The molecule has 6 heteroatoms. The van der Waals surface area contributed by atoms with Gasteiger partial charge in [0.2, 0.25) is 0 Å². The predicted octanol–water partition coefficient (Wildman–Crippen LogP) is 4.42. The summed E-state index contributed by atoms with van der Waals surface area (Å²) in [5.41, 5.74) is 1.48. The summed E-state index contributed by atoms with van der Waals surface area (Å²) in [7, 11) is 3.24. The van der Waals surface area contributed by atoms with Crippen LogP contribution >= 0.6 is 0 Å². The molecule has 2 aromatic carbocycles. The molecule has 32 heavy (non-hydrogen) atoms. The summed E-state index contributed by atoms with van der Waals surface area (Å²) in [5, 5.41) is 3.00. The van der Waals surface area contributed by atoms with E-state index in [-0.39, 0.29) is 12.0 Å². The third-order valence-corrected chi connectivity index (χ3v) is 6.63. The number of rotatable bonds is 8. The summed E-state index contributed by atoms with van der Waals surface area (Å²) >= 11 is 0. The second kappa shape index (κ2) is 10.7. The second-order valence-electron chi connectivity index (χ2n) is 8.69. The van der Waals surface area contributed by atoms with Gasteiger partial charge in [0.25, 0.3) is 5.91 Å². The van der Waals surface area contributed by atoms with E-state index in [1.165, 1.54) is 25.7 Å². The maximum Gasteiger partial charge on any atom is 0.255 e. The van der Waals surface area contributed by atoms with E-state index in [2.05, 4.69) is 10.2 Å². The van der Waals surface area contributed by atoms with Crippen molar-refractivity contribution in [2.75, 3.05) is 27.3 Å². The molecule has 0 unspecified atom stereocenters. The van der Waals surface area contributed by atoms with E-state index in [4.69, 9.17) is 14.2 Å². The van der Waals surface area contributed by atoms with E-state index < -0.39 is 0 Å². The molecule has 0 spiro atoms. The Morgan fingerprint density at radius 1 is 0.969 bits per heavy atom. The first-order chi connectivity index (χ1) is 15.7. The summed E-state index contributed by atoms with van der Waals surface area (Å²) < 4.78 is 17.0. The Hall–Kier alpha value is -2.73. The van der Waals surface area contributed by atoms with Crippen molar-refractivity contribution in [2.24, 2.45) is 0 Å². The van der Waals surface area contributed by atoms with E-state index in [9.17, 15) is 4.79 Å². The zero-order valence-electron chi connectivity index (χ0n) is 19.1. The number of benzene rings is 2. The topological polar surface area (TPSA) is 60.0 Å².